The number of benzene rings is 14. The Morgan fingerprint density at radius 1 is 0.286 bits per heavy atom. The normalized spacial score (nSPS) is 11.4. The van der Waals surface area contributed by atoms with Gasteiger partial charge in [-0.25, -0.2) is 9.13 Å². The van der Waals surface area contributed by atoms with Crippen LogP contribution in [0.25, 0.3) is 55.0 Å². The minimum Gasteiger partial charge on any atom is -0.497 e. The highest BCUT2D eigenvalue weighted by Crippen LogP contribution is 2.46. The molecular formula is C97H83N8O7+. The van der Waals surface area contributed by atoms with Gasteiger partial charge in [0.15, 0.2) is 0 Å². The highest BCUT2D eigenvalue weighted by atomic mass is 16.5. The highest BCUT2D eigenvalue weighted by molar-refractivity contribution is 6.12. The van der Waals surface area contributed by atoms with Crippen molar-refractivity contribution >= 4 is 112 Å². The molecule has 0 fully saturated rings. The van der Waals surface area contributed by atoms with Crippen molar-refractivity contribution < 1.29 is 38.8 Å². The summed E-state index contributed by atoms with van der Waals surface area (Å²) in [5.41, 5.74) is 24.1. The van der Waals surface area contributed by atoms with Crippen LogP contribution < -0.4 is 43.1 Å². The number of hydrogen-bond donors (Lipinski definition) is 3. The average molecular weight is 1470 g/mol. The fourth-order valence-electron chi connectivity index (χ4n) is 15.3. The fraction of sp³-hybridized carbons (Fsp3) is 0.103. The summed E-state index contributed by atoms with van der Waals surface area (Å²) in [7, 11) is 6.73. The maximum atomic E-state index is 10.1. The van der Waals surface area contributed by atoms with E-state index in [1.54, 1.807) is 28.4 Å². The summed E-state index contributed by atoms with van der Waals surface area (Å²) < 4.78 is 31.7. The van der Waals surface area contributed by atoms with E-state index in [4.69, 9.17) is 18.9 Å². The van der Waals surface area contributed by atoms with E-state index in [-0.39, 0.29) is 19.8 Å². The molecule has 17 rings (SSSR count). The zero-order chi connectivity index (χ0) is 76.3. The molecule has 0 aliphatic heterocycles. The number of aromatic nitrogens is 4. The van der Waals surface area contributed by atoms with Crippen molar-refractivity contribution in [2.24, 2.45) is 0 Å². The van der Waals surface area contributed by atoms with Crippen LogP contribution in [-0.2, 0) is 32.9 Å². The molecule has 552 valence electrons. The predicted octanol–water partition coefficient (Wildman–Crippen LogP) is 21.8. The highest BCUT2D eigenvalue weighted by Gasteiger charge is 2.24. The van der Waals surface area contributed by atoms with E-state index in [2.05, 4.69) is 294 Å². The van der Waals surface area contributed by atoms with Crippen molar-refractivity contribution in [2.45, 2.75) is 39.8 Å². The Morgan fingerprint density at radius 3 is 0.812 bits per heavy atom. The Hall–Kier alpha value is -13.8. The molecule has 17 aromatic rings. The molecule has 3 aromatic heterocycles. The lowest BCUT2D eigenvalue weighted by Crippen LogP contribution is -2.27. The minimum absolute atomic E-state index is 0.0378. The van der Waals surface area contributed by atoms with Gasteiger partial charge in [0.25, 0.3) is 6.33 Å². The second-order valence-corrected chi connectivity index (χ2v) is 28.0. The molecule has 0 radical (unpaired) electrons. The van der Waals surface area contributed by atoms with Crippen molar-refractivity contribution in [2.75, 3.05) is 48.0 Å². The van der Waals surface area contributed by atoms with Gasteiger partial charge in [0.05, 0.1) is 48.3 Å². The third-order valence-corrected chi connectivity index (χ3v) is 21.2. The quantitative estimate of drug-likeness (QED) is 0.0473. The van der Waals surface area contributed by atoms with E-state index in [1.807, 2.05) is 84.9 Å². The van der Waals surface area contributed by atoms with Crippen molar-refractivity contribution in [1.82, 2.24) is 13.7 Å². The molecule has 112 heavy (non-hydrogen) atoms. The van der Waals surface area contributed by atoms with E-state index in [1.165, 1.54) is 5.56 Å². The summed E-state index contributed by atoms with van der Waals surface area (Å²) in [5, 5.41) is 34.6. The van der Waals surface area contributed by atoms with Crippen LogP contribution in [0.5, 0.6) is 23.0 Å². The molecule has 0 saturated carbocycles. The summed E-state index contributed by atoms with van der Waals surface area (Å²) in [5.74, 6) is 3.08. The Morgan fingerprint density at radius 2 is 0.536 bits per heavy atom. The largest absolute Gasteiger partial charge is 0.497 e. The SMILES string of the molecule is COc1ccc(N(c2ccc(CO)cc2)c2ccc3c(c2)c2cc(N(c4ccc(C)cc4)c4ccc(CO)cc4)ccc2n3Cc2ccc(-[n+]3ccn(-c4ccc(Cn5c6ccc(N(c7ccc(CO)cc7)c7ccc(OC)cc7)cc6c6cc(N(c7ccc(OC)cc7)c7ccc(OC)cc7)ccc65)cc4)c3)cc2)cc1. The van der Waals surface area contributed by atoms with Crippen molar-refractivity contribution in [3.8, 4) is 34.4 Å². The molecule has 3 N–H and O–H groups in total. The first-order valence-electron chi connectivity index (χ1n) is 37.4. The zero-order valence-corrected chi connectivity index (χ0v) is 62.8. The lowest BCUT2D eigenvalue weighted by Gasteiger charge is -2.26. The van der Waals surface area contributed by atoms with Crippen molar-refractivity contribution in [3.63, 3.8) is 0 Å². The van der Waals surface area contributed by atoms with Crippen LogP contribution in [0.1, 0.15) is 33.4 Å². The Bertz CT molecular complexity index is 5860. The number of nitrogens with zero attached hydrogens (tertiary/aromatic N) is 8. The first-order chi connectivity index (χ1) is 55.0. The Kier molecular flexibility index (Phi) is 19.7. The van der Waals surface area contributed by atoms with Crippen LogP contribution in [0, 0.1) is 6.92 Å². The van der Waals surface area contributed by atoms with Gasteiger partial charge in [-0.1, -0.05) is 78.4 Å². The van der Waals surface area contributed by atoms with Gasteiger partial charge in [-0.05, 0) is 277 Å². The maximum Gasteiger partial charge on any atom is 0.254 e. The van der Waals surface area contributed by atoms with Crippen molar-refractivity contribution in [1.29, 1.82) is 0 Å². The summed E-state index contributed by atoms with van der Waals surface area (Å²) in [4.78, 5) is 9.04. The van der Waals surface area contributed by atoms with Gasteiger partial charge in [-0.15, -0.1) is 0 Å². The van der Waals surface area contributed by atoms with Gasteiger partial charge in [-0.2, -0.15) is 0 Å². The molecule has 0 bridgehead atoms. The third-order valence-electron chi connectivity index (χ3n) is 21.2. The molecule has 0 amide bonds. The smallest absolute Gasteiger partial charge is 0.254 e. The number of anilines is 12. The fourth-order valence-corrected chi connectivity index (χ4v) is 15.3. The number of hydrogen-bond acceptors (Lipinski definition) is 11. The zero-order valence-electron chi connectivity index (χ0n) is 62.8. The van der Waals surface area contributed by atoms with E-state index >= 15 is 0 Å². The molecule has 14 aromatic carbocycles. The van der Waals surface area contributed by atoms with Gasteiger partial charge in [0.2, 0.25) is 0 Å². The third kappa shape index (κ3) is 14.0. The van der Waals surface area contributed by atoms with Gasteiger partial charge < -0.3 is 63.0 Å². The van der Waals surface area contributed by atoms with Crippen LogP contribution in [0.15, 0.2) is 334 Å². The van der Waals surface area contributed by atoms with Crippen LogP contribution >= 0.6 is 0 Å². The molecule has 0 aliphatic carbocycles. The monoisotopic (exact) mass is 1470 g/mol. The second kappa shape index (κ2) is 31.0. The molecule has 3 heterocycles. The predicted molar refractivity (Wildman–Crippen MR) is 452 cm³/mol. The van der Waals surface area contributed by atoms with Crippen molar-refractivity contribution in [3.05, 3.63) is 368 Å². The molecule has 0 spiro atoms. The summed E-state index contributed by atoms with van der Waals surface area (Å²) in [6, 6.07) is 110. The van der Waals surface area contributed by atoms with Crippen LogP contribution in [0.3, 0.4) is 0 Å². The van der Waals surface area contributed by atoms with Gasteiger partial charge in [0.1, 0.15) is 46.8 Å². The molecular weight excluding hydrogens is 1390 g/mol. The summed E-state index contributed by atoms with van der Waals surface area (Å²) in [6.45, 7) is 3.19. The topological polar surface area (TPSA) is 129 Å². The molecule has 0 atom stereocenters. The number of rotatable bonds is 25. The number of aliphatic hydroxyl groups is 3. The van der Waals surface area contributed by atoms with E-state index in [0.29, 0.717) is 13.1 Å². The number of imidazole rings is 1. The van der Waals surface area contributed by atoms with Crippen LogP contribution in [-0.4, -0.2) is 57.5 Å². The molecule has 0 unspecified atom stereocenters. The van der Waals surface area contributed by atoms with Gasteiger partial charge >= 0.3 is 0 Å². The number of fused-ring (bicyclic) bond motifs is 6. The Labute approximate surface area is 650 Å². The first kappa shape index (κ1) is 71.1. The molecule has 15 nitrogen and oxygen atoms in total. The van der Waals surface area contributed by atoms with E-state index in [0.717, 1.165) is 174 Å². The molecule has 0 saturated heterocycles. The number of ether oxygens (including phenoxy) is 4. The number of aliphatic hydroxyl groups excluding tert-OH is 3. The lowest BCUT2D eigenvalue weighted by atomic mass is 10.1. The van der Waals surface area contributed by atoms with E-state index < -0.39 is 0 Å². The van der Waals surface area contributed by atoms with Gasteiger partial charge in [0, 0.05) is 125 Å². The second-order valence-electron chi connectivity index (χ2n) is 28.0. The maximum absolute atomic E-state index is 10.1. The number of aryl methyl sites for hydroxylation is 1. The van der Waals surface area contributed by atoms with Gasteiger partial charge in [-0.3, -0.25) is 0 Å². The lowest BCUT2D eigenvalue weighted by molar-refractivity contribution is -0.594. The van der Waals surface area contributed by atoms with Crippen LogP contribution in [0.4, 0.5) is 68.2 Å². The van der Waals surface area contributed by atoms with E-state index in [9.17, 15) is 15.3 Å². The summed E-state index contributed by atoms with van der Waals surface area (Å²) >= 11 is 0. The first-order valence-corrected chi connectivity index (χ1v) is 37.4. The molecule has 0 aliphatic rings. The van der Waals surface area contributed by atoms with Crippen LogP contribution in [0.2, 0.25) is 0 Å². The summed E-state index contributed by atoms with van der Waals surface area (Å²) in [6.07, 6.45) is 6.34. The average Bonchev–Trinajstić information content (AvgIpc) is 1.59. The minimum atomic E-state index is -0.0486. The number of methoxy groups -OCH3 is 4. The molecule has 15 heteroatoms. The standard InChI is InChI=1S/C97H83N8O7/c1-66-6-18-74(19-7-66)102(75-24-12-69(62-106)13-25-75)82-38-50-94-90(56-82)91-57-83(103(76-26-14-70(63-107)15-27-76)78-30-42-86(109-2)43-31-78)39-51-95(91)100(94)60-67-8-20-72(21-9-67)98-54-55-99(65-98)73-22-10-68(11-23-73)61-101-96-52-40-84(104(77-28-16-71(64-108)17-29-77)79-32-44-87(110-3)45-33-79)58-92(96)93-59-85(41-53-97(93)101)105(80-34-46-88(111-4)47-35-80)81-36-48-89(112-5)49-37-81/h6-59,65,106-108H,60-64H2,1-5H3/q+1. The Balaban J connectivity index is 0.694.